The van der Waals surface area contributed by atoms with Crippen molar-refractivity contribution in [3.63, 3.8) is 0 Å². The summed E-state index contributed by atoms with van der Waals surface area (Å²) >= 11 is 7.50. The second kappa shape index (κ2) is 9.81. The van der Waals surface area contributed by atoms with Crippen molar-refractivity contribution in [3.05, 3.63) is 96.7 Å². The van der Waals surface area contributed by atoms with Gasteiger partial charge in [-0.3, -0.25) is 19.7 Å². The Morgan fingerprint density at radius 3 is 2.59 bits per heavy atom. The Bertz CT molecular complexity index is 1230. The maximum Gasteiger partial charge on any atom is 0.270 e. The van der Waals surface area contributed by atoms with E-state index in [1.807, 2.05) is 0 Å². The number of nitrogens with one attached hydrogen (secondary N) is 1. The number of allylic oxidation sites excluding steroid dienone is 3. The van der Waals surface area contributed by atoms with Gasteiger partial charge in [-0.15, -0.1) is 0 Å². The second-order valence-electron chi connectivity index (χ2n) is 7.05. The minimum atomic E-state index is -0.664. The molecule has 2 aromatic carbocycles. The van der Waals surface area contributed by atoms with Gasteiger partial charge in [-0.1, -0.05) is 53.7 Å². The quantitative estimate of drug-likeness (QED) is 0.340. The van der Waals surface area contributed by atoms with E-state index in [2.05, 4.69) is 11.4 Å². The summed E-state index contributed by atoms with van der Waals surface area (Å²) in [5, 5.41) is 24.9. The number of thioether (sulfide) groups is 1. The van der Waals surface area contributed by atoms with Crippen molar-refractivity contribution in [2.24, 2.45) is 0 Å². The summed E-state index contributed by atoms with van der Waals surface area (Å²) in [6, 6.07) is 14.7. The monoisotopic (exact) mass is 467 g/mol. The molecular weight excluding hydrogens is 450 g/mol. The molecule has 2 aromatic rings. The molecular formula is C23H18ClN3O4S. The number of hydrogen-bond donors (Lipinski definition) is 1. The first kappa shape index (κ1) is 23.3. The molecule has 0 fully saturated rings. The Labute approximate surface area is 193 Å². The lowest BCUT2D eigenvalue weighted by Gasteiger charge is -2.29. The van der Waals surface area contributed by atoms with Gasteiger partial charge < -0.3 is 5.32 Å². The molecule has 1 heterocycles. The first-order chi connectivity index (χ1) is 15.2. The zero-order chi connectivity index (χ0) is 23.4. The molecule has 0 unspecified atom stereocenters. The summed E-state index contributed by atoms with van der Waals surface area (Å²) in [4.78, 5) is 35.5. The first-order valence-corrected chi connectivity index (χ1v) is 10.9. The molecule has 32 heavy (non-hydrogen) atoms. The molecule has 0 saturated carbocycles. The average Bonchev–Trinajstić information content (AvgIpc) is 2.77. The standard InChI is InChI=1S/C23H18ClN3O4S/c1-13-21(14(2)28)22(17-8-3-4-9-19(17)24)18(11-25)23(26-13)32-12-20(29)15-6-5-7-16(10-15)27(30)31/h3-10,22,26H,12H2,1-2H3/t22-/m0/s1. The SMILES string of the molecule is CC(=O)C1=C(C)NC(SCC(=O)c2cccc([N+](=O)[O-])c2)=C(C#N)[C@@H]1c1ccccc1Cl. The zero-order valence-corrected chi connectivity index (χ0v) is 18.8. The Hall–Kier alpha value is -3.41. The Kier molecular flexibility index (Phi) is 7.13. The third kappa shape index (κ3) is 4.74. The van der Waals surface area contributed by atoms with Gasteiger partial charge in [0.2, 0.25) is 0 Å². The van der Waals surface area contributed by atoms with Crippen LogP contribution < -0.4 is 5.32 Å². The number of benzene rings is 2. The van der Waals surface area contributed by atoms with Crippen LogP contribution in [0.3, 0.4) is 0 Å². The predicted octanol–water partition coefficient (Wildman–Crippen LogP) is 5.15. The van der Waals surface area contributed by atoms with E-state index < -0.39 is 10.8 Å². The van der Waals surface area contributed by atoms with Gasteiger partial charge in [0.15, 0.2) is 11.6 Å². The number of carbonyl (C=O) groups excluding carboxylic acids is 2. The molecule has 9 heteroatoms. The fourth-order valence-electron chi connectivity index (χ4n) is 3.53. The highest BCUT2D eigenvalue weighted by atomic mass is 35.5. The van der Waals surface area contributed by atoms with Crippen LogP contribution in [0.2, 0.25) is 5.02 Å². The molecule has 1 N–H and O–H groups in total. The van der Waals surface area contributed by atoms with Crippen molar-refractivity contribution in [1.82, 2.24) is 5.32 Å². The van der Waals surface area contributed by atoms with Gasteiger partial charge in [0.1, 0.15) is 0 Å². The van der Waals surface area contributed by atoms with Crippen molar-refractivity contribution < 1.29 is 14.5 Å². The summed E-state index contributed by atoms with van der Waals surface area (Å²) in [6.07, 6.45) is 0. The Morgan fingerprint density at radius 1 is 1.25 bits per heavy atom. The number of dihydropyridines is 1. The van der Waals surface area contributed by atoms with E-state index >= 15 is 0 Å². The largest absolute Gasteiger partial charge is 0.353 e. The molecule has 0 amide bonds. The van der Waals surface area contributed by atoms with Crippen LogP contribution in [-0.2, 0) is 4.79 Å². The molecule has 1 aliphatic rings. The van der Waals surface area contributed by atoms with E-state index in [4.69, 9.17) is 11.6 Å². The van der Waals surface area contributed by atoms with Gasteiger partial charge in [0.25, 0.3) is 5.69 Å². The van der Waals surface area contributed by atoms with Crippen LogP contribution >= 0.6 is 23.4 Å². The van der Waals surface area contributed by atoms with Crippen molar-refractivity contribution in [2.75, 3.05) is 5.75 Å². The summed E-state index contributed by atoms with van der Waals surface area (Å²) < 4.78 is 0. The molecule has 1 atom stereocenters. The Balaban J connectivity index is 1.96. The van der Waals surface area contributed by atoms with Gasteiger partial charge >= 0.3 is 0 Å². The number of carbonyl (C=O) groups is 2. The van der Waals surface area contributed by atoms with Gasteiger partial charge in [-0.05, 0) is 25.5 Å². The second-order valence-corrected chi connectivity index (χ2v) is 8.44. The van der Waals surface area contributed by atoms with E-state index in [0.717, 1.165) is 11.8 Å². The minimum absolute atomic E-state index is 0.0490. The fraction of sp³-hybridized carbons (Fsp3) is 0.174. The zero-order valence-electron chi connectivity index (χ0n) is 17.2. The van der Waals surface area contributed by atoms with Gasteiger partial charge in [-0.25, -0.2) is 0 Å². The van der Waals surface area contributed by atoms with E-state index in [9.17, 15) is 25.0 Å². The minimum Gasteiger partial charge on any atom is -0.353 e. The van der Waals surface area contributed by atoms with Gasteiger partial charge in [0.05, 0.1) is 33.3 Å². The number of nitro benzene ring substituents is 1. The topological polar surface area (TPSA) is 113 Å². The molecule has 0 aromatic heterocycles. The molecule has 1 aliphatic heterocycles. The molecule has 0 radical (unpaired) electrons. The van der Waals surface area contributed by atoms with E-state index in [-0.39, 0.29) is 34.1 Å². The molecule has 0 spiro atoms. The summed E-state index contributed by atoms with van der Waals surface area (Å²) in [5.41, 5.74) is 1.96. The molecule has 0 bridgehead atoms. The number of hydrogen-bond acceptors (Lipinski definition) is 7. The summed E-state index contributed by atoms with van der Waals surface area (Å²) in [5.74, 6) is -1.22. The molecule has 0 saturated heterocycles. The van der Waals surface area contributed by atoms with Crippen molar-refractivity contribution in [3.8, 4) is 6.07 Å². The number of nitro groups is 1. The van der Waals surface area contributed by atoms with Gasteiger partial charge in [0, 0.05) is 34.0 Å². The smallest absolute Gasteiger partial charge is 0.270 e. The number of Topliss-reactive ketones (excluding diaryl/α,β-unsaturated/α-hetero) is 2. The fourth-order valence-corrected chi connectivity index (χ4v) is 4.76. The van der Waals surface area contributed by atoms with Crippen LogP contribution in [0.15, 0.2) is 70.4 Å². The molecule has 3 rings (SSSR count). The van der Waals surface area contributed by atoms with E-state index in [0.29, 0.717) is 26.9 Å². The first-order valence-electron chi connectivity index (χ1n) is 9.52. The van der Waals surface area contributed by atoms with E-state index in [1.54, 1.807) is 31.2 Å². The van der Waals surface area contributed by atoms with E-state index in [1.165, 1.54) is 31.2 Å². The van der Waals surface area contributed by atoms with Crippen molar-refractivity contribution >= 4 is 40.6 Å². The lowest BCUT2D eigenvalue weighted by molar-refractivity contribution is -0.384. The highest BCUT2D eigenvalue weighted by molar-refractivity contribution is 8.03. The Morgan fingerprint density at radius 2 is 1.97 bits per heavy atom. The third-order valence-electron chi connectivity index (χ3n) is 4.97. The molecule has 0 aliphatic carbocycles. The average molecular weight is 468 g/mol. The number of nitrogens with zero attached hydrogens (tertiary/aromatic N) is 2. The molecule has 7 nitrogen and oxygen atoms in total. The van der Waals surface area contributed by atoms with Crippen LogP contribution in [0.4, 0.5) is 5.69 Å². The predicted molar refractivity (Wildman–Crippen MR) is 123 cm³/mol. The van der Waals surface area contributed by atoms with Crippen molar-refractivity contribution in [2.45, 2.75) is 19.8 Å². The van der Waals surface area contributed by atoms with Crippen LogP contribution in [-0.4, -0.2) is 22.2 Å². The number of rotatable bonds is 7. The van der Waals surface area contributed by atoms with Crippen LogP contribution in [0.25, 0.3) is 0 Å². The number of halogens is 1. The lowest BCUT2D eigenvalue weighted by Crippen LogP contribution is -2.27. The number of ketones is 2. The maximum absolute atomic E-state index is 12.7. The lowest BCUT2D eigenvalue weighted by atomic mass is 9.81. The van der Waals surface area contributed by atoms with Crippen LogP contribution in [0, 0.1) is 21.4 Å². The van der Waals surface area contributed by atoms with Gasteiger partial charge in [-0.2, -0.15) is 5.26 Å². The van der Waals surface area contributed by atoms with Crippen LogP contribution in [0.1, 0.15) is 35.7 Å². The van der Waals surface area contributed by atoms with Crippen molar-refractivity contribution in [1.29, 1.82) is 5.26 Å². The summed E-state index contributed by atoms with van der Waals surface area (Å²) in [7, 11) is 0. The maximum atomic E-state index is 12.7. The summed E-state index contributed by atoms with van der Waals surface area (Å²) in [6.45, 7) is 3.17. The highest BCUT2D eigenvalue weighted by Gasteiger charge is 2.34. The normalized spacial score (nSPS) is 15.8. The van der Waals surface area contributed by atoms with Crippen LogP contribution in [0.5, 0.6) is 0 Å². The third-order valence-corrected chi connectivity index (χ3v) is 6.33. The number of non-ortho nitro benzene ring substituents is 1. The number of nitriles is 1. The highest BCUT2D eigenvalue weighted by Crippen LogP contribution is 2.43. The molecule has 162 valence electrons.